The molecule has 0 bridgehead atoms. The molecular formula is C19H16FN3O2S. The first-order valence-corrected chi connectivity index (χ1v) is 8.94. The number of nitrogens with one attached hydrogen (secondary N) is 1. The van der Waals surface area contributed by atoms with Crippen LogP contribution in [-0.4, -0.2) is 11.8 Å². The zero-order chi connectivity index (χ0) is 18.7. The summed E-state index contributed by atoms with van der Waals surface area (Å²) in [4.78, 5) is 25.4. The van der Waals surface area contributed by atoms with Crippen LogP contribution in [0, 0.1) is 17.1 Å². The molecule has 26 heavy (non-hydrogen) atoms. The van der Waals surface area contributed by atoms with Crippen molar-refractivity contribution in [3.8, 4) is 6.07 Å². The minimum absolute atomic E-state index is 0.140. The second-order valence-electron chi connectivity index (χ2n) is 5.95. The molecule has 3 rings (SSSR count). The van der Waals surface area contributed by atoms with Gasteiger partial charge in [0.2, 0.25) is 0 Å². The molecule has 5 nitrogen and oxygen atoms in total. The first-order chi connectivity index (χ1) is 12.5. The van der Waals surface area contributed by atoms with E-state index < -0.39 is 17.6 Å². The molecule has 2 aromatic rings. The maximum absolute atomic E-state index is 13.0. The second-order valence-corrected chi connectivity index (χ2v) is 7.06. The van der Waals surface area contributed by atoms with Crippen LogP contribution in [0.5, 0.6) is 0 Å². The first kappa shape index (κ1) is 17.8. The third-order valence-corrected chi connectivity index (χ3v) is 5.40. The standard InChI is InChI=1S/C19H16FN3O2S/c20-13-7-5-11(6-8-13)9-12(10-21)18(25)23-19-16(17(22)24)14-3-1-2-4-15(14)26-19/h5-9H,1-4H2,(H2,22,24)(H,23,25)/b12-9+. The molecule has 2 amide bonds. The third-order valence-electron chi connectivity index (χ3n) is 4.19. The summed E-state index contributed by atoms with van der Waals surface area (Å²) in [5, 5.41) is 12.3. The Morgan fingerprint density at radius 1 is 1.23 bits per heavy atom. The Labute approximate surface area is 153 Å². The summed E-state index contributed by atoms with van der Waals surface area (Å²) in [6, 6.07) is 7.28. The van der Waals surface area contributed by atoms with E-state index in [2.05, 4.69) is 5.32 Å². The highest BCUT2D eigenvalue weighted by atomic mass is 32.1. The van der Waals surface area contributed by atoms with Gasteiger partial charge in [0.05, 0.1) is 5.56 Å². The number of carbonyl (C=O) groups excluding carboxylic acids is 2. The predicted octanol–water partition coefficient (Wildman–Crippen LogP) is 3.41. The van der Waals surface area contributed by atoms with Crippen molar-refractivity contribution in [2.24, 2.45) is 5.73 Å². The number of fused-ring (bicyclic) bond motifs is 1. The number of benzene rings is 1. The lowest BCUT2D eigenvalue weighted by atomic mass is 9.95. The van der Waals surface area contributed by atoms with Crippen molar-refractivity contribution in [2.45, 2.75) is 25.7 Å². The van der Waals surface area contributed by atoms with Crippen LogP contribution < -0.4 is 11.1 Å². The largest absolute Gasteiger partial charge is 0.365 e. The number of amides is 2. The van der Waals surface area contributed by atoms with Crippen molar-refractivity contribution < 1.29 is 14.0 Å². The van der Waals surface area contributed by atoms with Crippen LogP contribution in [-0.2, 0) is 17.6 Å². The van der Waals surface area contributed by atoms with Crippen molar-refractivity contribution in [3.63, 3.8) is 0 Å². The number of primary amides is 1. The second kappa shape index (κ2) is 7.50. The number of hydrogen-bond acceptors (Lipinski definition) is 4. The van der Waals surface area contributed by atoms with Crippen LogP contribution >= 0.6 is 11.3 Å². The van der Waals surface area contributed by atoms with Gasteiger partial charge in [0.25, 0.3) is 11.8 Å². The maximum Gasteiger partial charge on any atom is 0.266 e. The topological polar surface area (TPSA) is 96.0 Å². The van der Waals surface area contributed by atoms with Crippen LogP contribution in [0.25, 0.3) is 6.08 Å². The van der Waals surface area contributed by atoms with Crippen LogP contribution in [0.3, 0.4) is 0 Å². The van der Waals surface area contributed by atoms with Crippen molar-refractivity contribution in [3.05, 3.63) is 57.2 Å². The highest BCUT2D eigenvalue weighted by molar-refractivity contribution is 7.17. The number of anilines is 1. The Hall–Kier alpha value is -2.98. The lowest BCUT2D eigenvalue weighted by molar-refractivity contribution is -0.112. The number of thiophene rings is 1. The van der Waals surface area contributed by atoms with Gasteiger partial charge in [-0.15, -0.1) is 11.3 Å². The molecule has 0 spiro atoms. The fourth-order valence-electron chi connectivity index (χ4n) is 2.96. The molecule has 1 aromatic heterocycles. The van der Waals surface area contributed by atoms with Crippen LogP contribution in [0.2, 0.25) is 0 Å². The summed E-state index contributed by atoms with van der Waals surface area (Å²) < 4.78 is 13.0. The van der Waals surface area contributed by atoms with Gasteiger partial charge < -0.3 is 11.1 Å². The summed E-state index contributed by atoms with van der Waals surface area (Å²) in [5.74, 6) is -1.61. The van der Waals surface area contributed by atoms with Crippen molar-refractivity contribution >= 4 is 34.2 Å². The SMILES string of the molecule is N#C/C(=C\c1ccc(F)cc1)C(=O)Nc1sc2c(c1C(N)=O)CCCC2. The summed E-state index contributed by atoms with van der Waals surface area (Å²) >= 11 is 1.34. The number of carbonyl (C=O) groups is 2. The van der Waals surface area contributed by atoms with Crippen LogP contribution in [0.4, 0.5) is 9.39 Å². The molecule has 0 radical (unpaired) electrons. The van der Waals surface area contributed by atoms with E-state index >= 15 is 0 Å². The van der Waals surface area contributed by atoms with E-state index in [1.807, 2.05) is 6.07 Å². The zero-order valence-electron chi connectivity index (χ0n) is 13.8. The minimum atomic E-state index is -0.627. The van der Waals surface area contributed by atoms with E-state index in [9.17, 15) is 19.2 Å². The molecule has 7 heteroatoms. The van der Waals surface area contributed by atoms with E-state index in [1.54, 1.807) is 0 Å². The average molecular weight is 369 g/mol. The van der Waals surface area contributed by atoms with Gasteiger partial charge in [-0.2, -0.15) is 5.26 Å². The first-order valence-electron chi connectivity index (χ1n) is 8.12. The summed E-state index contributed by atoms with van der Waals surface area (Å²) in [6.45, 7) is 0. The van der Waals surface area contributed by atoms with E-state index in [1.165, 1.54) is 41.7 Å². The average Bonchev–Trinajstić information content (AvgIpc) is 2.99. The highest BCUT2D eigenvalue weighted by Crippen LogP contribution is 2.38. The molecule has 0 atom stereocenters. The number of hydrogen-bond donors (Lipinski definition) is 2. The van der Waals surface area contributed by atoms with Gasteiger partial charge in [-0.05, 0) is 55.0 Å². The van der Waals surface area contributed by atoms with Gasteiger partial charge >= 0.3 is 0 Å². The van der Waals surface area contributed by atoms with Crippen molar-refractivity contribution in [1.29, 1.82) is 5.26 Å². The molecule has 1 aliphatic rings. The van der Waals surface area contributed by atoms with Gasteiger partial charge in [-0.25, -0.2) is 4.39 Å². The van der Waals surface area contributed by atoms with E-state index in [-0.39, 0.29) is 5.57 Å². The predicted molar refractivity (Wildman–Crippen MR) is 98.1 cm³/mol. The molecule has 0 saturated heterocycles. The monoisotopic (exact) mass is 369 g/mol. The number of nitriles is 1. The van der Waals surface area contributed by atoms with Crippen LogP contribution in [0.1, 0.15) is 39.2 Å². The summed E-state index contributed by atoms with van der Waals surface area (Å²) in [5.41, 5.74) is 7.14. The van der Waals surface area contributed by atoms with Gasteiger partial charge in [0.15, 0.2) is 0 Å². The summed E-state index contributed by atoms with van der Waals surface area (Å²) in [6.07, 6.45) is 4.99. The number of rotatable bonds is 4. The quantitative estimate of drug-likeness (QED) is 0.638. The van der Waals surface area contributed by atoms with Crippen LogP contribution in [0.15, 0.2) is 29.8 Å². The Balaban J connectivity index is 1.89. The zero-order valence-corrected chi connectivity index (χ0v) is 14.7. The van der Waals surface area contributed by atoms with Crippen molar-refractivity contribution in [1.82, 2.24) is 0 Å². The fraction of sp³-hybridized carbons (Fsp3) is 0.211. The Morgan fingerprint density at radius 2 is 1.92 bits per heavy atom. The van der Waals surface area contributed by atoms with Gasteiger partial charge in [0, 0.05) is 4.88 Å². The number of nitrogens with two attached hydrogens (primary N) is 1. The van der Waals surface area contributed by atoms with E-state index in [4.69, 9.17) is 5.73 Å². The van der Waals surface area contributed by atoms with Gasteiger partial charge in [0.1, 0.15) is 22.5 Å². The molecule has 1 aliphatic carbocycles. The Morgan fingerprint density at radius 3 is 2.58 bits per heavy atom. The molecule has 132 valence electrons. The van der Waals surface area contributed by atoms with E-state index in [0.717, 1.165) is 36.1 Å². The Kier molecular flexibility index (Phi) is 5.14. The van der Waals surface area contributed by atoms with Crippen molar-refractivity contribution in [2.75, 3.05) is 5.32 Å². The maximum atomic E-state index is 13.0. The molecular weight excluding hydrogens is 353 g/mol. The van der Waals surface area contributed by atoms with E-state index in [0.29, 0.717) is 16.1 Å². The number of nitrogens with zero attached hydrogens (tertiary/aromatic N) is 1. The minimum Gasteiger partial charge on any atom is -0.365 e. The van der Waals surface area contributed by atoms with Gasteiger partial charge in [-0.3, -0.25) is 9.59 Å². The highest BCUT2D eigenvalue weighted by Gasteiger charge is 2.25. The summed E-state index contributed by atoms with van der Waals surface area (Å²) in [7, 11) is 0. The molecule has 0 fully saturated rings. The molecule has 1 heterocycles. The number of aryl methyl sites for hydroxylation is 1. The van der Waals surface area contributed by atoms with Gasteiger partial charge in [-0.1, -0.05) is 12.1 Å². The lowest BCUT2D eigenvalue weighted by Gasteiger charge is -2.11. The molecule has 1 aromatic carbocycles. The third kappa shape index (κ3) is 3.65. The normalized spacial score (nSPS) is 13.6. The molecule has 0 aliphatic heterocycles. The fourth-order valence-corrected chi connectivity index (χ4v) is 4.25. The molecule has 0 unspecified atom stereocenters. The smallest absolute Gasteiger partial charge is 0.266 e. The number of halogens is 1. The Bertz CT molecular complexity index is 939. The lowest BCUT2D eigenvalue weighted by Crippen LogP contribution is -2.19. The molecule has 0 saturated carbocycles. The molecule has 3 N–H and O–H groups in total.